The highest BCUT2D eigenvalue weighted by atomic mass is 15.3. The molecule has 18 heavy (non-hydrogen) atoms. The second-order valence-corrected chi connectivity index (χ2v) is 6.79. The molecule has 0 bridgehead atoms. The molecule has 0 unspecified atom stereocenters. The number of piperidine rings is 4. The van der Waals surface area contributed by atoms with Gasteiger partial charge in [0.05, 0.1) is 6.17 Å². The maximum absolute atomic E-state index is 3.89. The summed E-state index contributed by atoms with van der Waals surface area (Å²) < 4.78 is 0. The summed E-state index contributed by atoms with van der Waals surface area (Å²) in [7, 11) is 0. The van der Waals surface area contributed by atoms with Gasteiger partial charge in [-0.3, -0.25) is 4.90 Å². The number of hydrogen-bond donors (Lipinski definition) is 2. The van der Waals surface area contributed by atoms with Crippen molar-refractivity contribution in [2.45, 2.75) is 63.2 Å². The lowest BCUT2D eigenvalue weighted by Gasteiger charge is -2.59. The third-order valence-electron chi connectivity index (χ3n) is 5.93. The molecule has 4 fully saturated rings. The van der Waals surface area contributed by atoms with Crippen molar-refractivity contribution < 1.29 is 0 Å². The Balaban J connectivity index is 1.64. The summed E-state index contributed by atoms with van der Waals surface area (Å²) >= 11 is 0. The maximum Gasteiger partial charge on any atom is 0.0643 e. The number of nitrogens with zero attached hydrogens (tertiary/aromatic N) is 1. The Bertz CT molecular complexity index is 217. The lowest BCUT2D eigenvalue weighted by atomic mass is 9.68. The fourth-order valence-corrected chi connectivity index (χ4v) is 5.26. The molecule has 0 radical (unpaired) electrons. The van der Waals surface area contributed by atoms with Crippen LogP contribution in [0.5, 0.6) is 0 Å². The van der Waals surface area contributed by atoms with E-state index in [2.05, 4.69) is 15.5 Å². The van der Waals surface area contributed by atoms with Crippen molar-refractivity contribution in [3.05, 3.63) is 0 Å². The molecule has 3 heteroatoms. The van der Waals surface area contributed by atoms with Crippen molar-refractivity contribution >= 4 is 0 Å². The minimum absolute atomic E-state index is 0.691. The minimum Gasteiger partial charge on any atom is -0.313 e. The molecule has 0 aromatic carbocycles. The lowest BCUT2D eigenvalue weighted by molar-refractivity contribution is -0.0810. The van der Waals surface area contributed by atoms with Gasteiger partial charge in [0, 0.05) is 18.0 Å². The van der Waals surface area contributed by atoms with Crippen molar-refractivity contribution in [2.75, 3.05) is 19.6 Å². The van der Waals surface area contributed by atoms with Crippen LogP contribution in [0.4, 0.5) is 0 Å². The smallest absolute Gasteiger partial charge is 0.0643 e. The van der Waals surface area contributed by atoms with Crippen molar-refractivity contribution in [2.24, 2.45) is 11.8 Å². The van der Waals surface area contributed by atoms with Gasteiger partial charge in [0.1, 0.15) is 0 Å². The van der Waals surface area contributed by atoms with Crippen LogP contribution in [0.25, 0.3) is 0 Å². The second kappa shape index (κ2) is 4.77. The standard InChI is InChI=1S/C15H27N3/c1-2-10-18-13(7-1)11-5-3-8-16-14(11)12-6-4-9-17-15(12)18/h11-17H,1-10H2/t11-,12-,13+,14+,15+/m0/s1. The average molecular weight is 249 g/mol. The van der Waals surface area contributed by atoms with Gasteiger partial charge in [0.25, 0.3) is 0 Å². The highest BCUT2D eigenvalue weighted by Crippen LogP contribution is 2.42. The third-order valence-corrected chi connectivity index (χ3v) is 5.93. The molecule has 4 rings (SSSR count). The lowest BCUT2D eigenvalue weighted by Crippen LogP contribution is -2.71. The molecule has 2 N–H and O–H groups in total. The molecule has 4 aliphatic rings. The van der Waals surface area contributed by atoms with E-state index in [-0.39, 0.29) is 0 Å². The van der Waals surface area contributed by atoms with Gasteiger partial charge in [0.15, 0.2) is 0 Å². The van der Waals surface area contributed by atoms with E-state index in [0.29, 0.717) is 6.17 Å². The van der Waals surface area contributed by atoms with E-state index >= 15 is 0 Å². The normalized spacial score (nSPS) is 49.0. The van der Waals surface area contributed by atoms with E-state index in [4.69, 9.17) is 0 Å². The zero-order valence-electron chi connectivity index (χ0n) is 11.4. The van der Waals surface area contributed by atoms with Crippen molar-refractivity contribution in [3.8, 4) is 0 Å². The monoisotopic (exact) mass is 249 g/mol. The van der Waals surface area contributed by atoms with Gasteiger partial charge in [-0.1, -0.05) is 6.42 Å². The third kappa shape index (κ3) is 1.75. The van der Waals surface area contributed by atoms with Crippen LogP contribution in [0.1, 0.15) is 44.9 Å². The first kappa shape index (κ1) is 11.7. The average Bonchev–Trinajstić information content (AvgIpc) is 2.48. The summed E-state index contributed by atoms with van der Waals surface area (Å²) in [4.78, 5) is 2.86. The zero-order chi connectivity index (χ0) is 11.9. The van der Waals surface area contributed by atoms with Crippen LogP contribution in [0, 0.1) is 11.8 Å². The molecule has 0 aromatic rings. The maximum atomic E-state index is 3.89. The predicted octanol–water partition coefficient (Wildman–Crippen LogP) is 1.55. The molecule has 0 amide bonds. The van der Waals surface area contributed by atoms with Crippen LogP contribution in [-0.2, 0) is 0 Å². The number of fused-ring (bicyclic) bond motifs is 6. The molecule has 0 saturated carbocycles. The van der Waals surface area contributed by atoms with Crippen LogP contribution in [0.3, 0.4) is 0 Å². The van der Waals surface area contributed by atoms with Crippen LogP contribution in [0.2, 0.25) is 0 Å². The minimum atomic E-state index is 0.691. The fraction of sp³-hybridized carbons (Fsp3) is 1.00. The van der Waals surface area contributed by atoms with Gasteiger partial charge >= 0.3 is 0 Å². The first-order chi connectivity index (χ1) is 8.95. The Labute approximate surface area is 111 Å². The quantitative estimate of drug-likeness (QED) is 0.682. The van der Waals surface area contributed by atoms with Crippen LogP contribution in [-0.4, -0.2) is 42.8 Å². The predicted molar refractivity (Wildman–Crippen MR) is 73.4 cm³/mol. The summed E-state index contributed by atoms with van der Waals surface area (Å²) in [6.07, 6.45) is 10.7. The molecular formula is C15H27N3. The van der Waals surface area contributed by atoms with Gasteiger partial charge in [0.2, 0.25) is 0 Å². The molecule has 3 nitrogen and oxygen atoms in total. The van der Waals surface area contributed by atoms with Gasteiger partial charge < -0.3 is 10.6 Å². The second-order valence-electron chi connectivity index (χ2n) is 6.79. The largest absolute Gasteiger partial charge is 0.313 e. The van der Waals surface area contributed by atoms with Crippen LogP contribution in [0.15, 0.2) is 0 Å². The van der Waals surface area contributed by atoms with E-state index in [1.165, 1.54) is 64.6 Å². The Kier molecular flexibility index (Phi) is 3.10. The zero-order valence-corrected chi connectivity index (χ0v) is 11.4. The van der Waals surface area contributed by atoms with E-state index in [1.807, 2.05) is 0 Å². The van der Waals surface area contributed by atoms with Crippen molar-refractivity contribution in [3.63, 3.8) is 0 Å². The Morgan fingerprint density at radius 3 is 2.56 bits per heavy atom. The van der Waals surface area contributed by atoms with E-state index in [1.54, 1.807) is 0 Å². The molecule has 0 spiro atoms. The molecule has 5 atom stereocenters. The fourth-order valence-electron chi connectivity index (χ4n) is 5.26. The summed E-state index contributed by atoms with van der Waals surface area (Å²) in [5, 5.41) is 7.73. The Morgan fingerprint density at radius 1 is 0.778 bits per heavy atom. The summed E-state index contributed by atoms with van der Waals surface area (Å²) in [6.45, 7) is 3.85. The highest BCUT2D eigenvalue weighted by Gasteiger charge is 2.50. The SMILES string of the molecule is C1CN[C@@H]2[C@@H](C1)[C@H]1CCCCN1[C@H]1NCCC[C@@H]21. The number of hydrogen-bond acceptors (Lipinski definition) is 3. The number of rotatable bonds is 0. The first-order valence-corrected chi connectivity index (χ1v) is 8.18. The van der Waals surface area contributed by atoms with Gasteiger partial charge in [-0.05, 0) is 64.1 Å². The molecular weight excluding hydrogens is 222 g/mol. The summed E-state index contributed by atoms with van der Waals surface area (Å²) in [5.74, 6) is 1.82. The Morgan fingerprint density at radius 2 is 1.61 bits per heavy atom. The van der Waals surface area contributed by atoms with Gasteiger partial charge in [-0.2, -0.15) is 0 Å². The van der Waals surface area contributed by atoms with Crippen molar-refractivity contribution in [1.82, 2.24) is 15.5 Å². The van der Waals surface area contributed by atoms with Crippen LogP contribution >= 0.6 is 0 Å². The van der Waals surface area contributed by atoms with E-state index < -0.39 is 0 Å². The highest BCUT2D eigenvalue weighted by molar-refractivity contribution is 5.05. The topological polar surface area (TPSA) is 27.3 Å². The summed E-state index contributed by atoms with van der Waals surface area (Å²) in [5.41, 5.74) is 0. The Hall–Kier alpha value is -0.120. The number of nitrogens with one attached hydrogen (secondary N) is 2. The first-order valence-electron chi connectivity index (χ1n) is 8.18. The molecule has 0 aliphatic carbocycles. The molecule has 0 aromatic heterocycles. The van der Waals surface area contributed by atoms with Crippen LogP contribution < -0.4 is 10.6 Å². The molecule has 4 aliphatic heterocycles. The molecule has 4 saturated heterocycles. The summed E-state index contributed by atoms with van der Waals surface area (Å²) in [6, 6.07) is 1.69. The molecule has 102 valence electrons. The van der Waals surface area contributed by atoms with Gasteiger partial charge in [-0.15, -0.1) is 0 Å². The van der Waals surface area contributed by atoms with E-state index in [0.717, 1.165) is 23.9 Å². The van der Waals surface area contributed by atoms with Gasteiger partial charge in [-0.25, -0.2) is 0 Å². The van der Waals surface area contributed by atoms with Crippen molar-refractivity contribution in [1.29, 1.82) is 0 Å². The molecule has 4 heterocycles. The van der Waals surface area contributed by atoms with E-state index in [9.17, 15) is 0 Å².